The molecule has 0 aromatic rings. The fourth-order valence-corrected chi connectivity index (χ4v) is 1.96. The van der Waals surface area contributed by atoms with E-state index in [4.69, 9.17) is 5.11 Å². The standard InChI is InChI=1S/C11H20O/c1-10-4-2-6-11(8-9-12)7-3-5-10/h8,10,12H,2-7,9H2,1H3. The SMILES string of the molecule is CC1CCCC(=CCO)CCC1. The fraction of sp³-hybridized carbons (Fsp3) is 0.818. The number of rotatable bonds is 1. The lowest BCUT2D eigenvalue weighted by Gasteiger charge is -2.16. The molecule has 0 atom stereocenters. The minimum absolute atomic E-state index is 0.227. The van der Waals surface area contributed by atoms with Crippen LogP contribution in [0.5, 0.6) is 0 Å². The summed E-state index contributed by atoms with van der Waals surface area (Å²) in [5, 5.41) is 8.76. The van der Waals surface area contributed by atoms with Gasteiger partial charge in [0.1, 0.15) is 0 Å². The van der Waals surface area contributed by atoms with Crippen molar-refractivity contribution in [3.05, 3.63) is 11.6 Å². The van der Waals surface area contributed by atoms with Crippen molar-refractivity contribution in [3.63, 3.8) is 0 Å². The highest BCUT2D eigenvalue weighted by Crippen LogP contribution is 2.24. The summed E-state index contributed by atoms with van der Waals surface area (Å²) in [5.74, 6) is 0.917. The molecule has 1 heteroatoms. The molecule has 0 aromatic heterocycles. The van der Waals surface area contributed by atoms with Crippen LogP contribution in [-0.2, 0) is 0 Å². The molecule has 0 aliphatic heterocycles. The highest BCUT2D eigenvalue weighted by molar-refractivity contribution is 5.02. The van der Waals surface area contributed by atoms with Gasteiger partial charge in [0, 0.05) is 0 Å². The van der Waals surface area contributed by atoms with Crippen LogP contribution < -0.4 is 0 Å². The van der Waals surface area contributed by atoms with Gasteiger partial charge in [-0.15, -0.1) is 0 Å². The van der Waals surface area contributed by atoms with Crippen LogP contribution in [0.15, 0.2) is 11.6 Å². The van der Waals surface area contributed by atoms with Gasteiger partial charge in [-0.1, -0.05) is 31.4 Å². The third-order valence-electron chi connectivity index (χ3n) is 2.77. The third kappa shape index (κ3) is 3.40. The summed E-state index contributed by atoms with van der Waals surface area (Å²) >= 11 is 0. The maximum atomic E-state index is 8.76. The number of allylic oxidation sites excluding steroid dienone is 1. The predicted octanol–water partition coefficient (Wildman–Crippen LogP) is 2.90. The van der Waals surface area contributed by atoms with Crippen LogP contribution in [0.4, 0.5) is 0 Å². The molecule has 1 N–H and O–H groups in total. The first-order valence-corrected chi connectivity index (χ1v) is 5.11. The van der Waals surface area contributed by atoms with E-state index < -0.39 is 0 Å². The van der Waals surface area contributed by atoms with E-state index in [0.717, 1.165) is 5.92 Å². The Bertz CT molecular complexity index is 137. The van der Waals surface area contributed by atoms with E-state index in [0.29, 0.717) is 0 Å². The zero-order valence-electron chi connectivity index (χ0n) is 8.05. The van der Waals surface area contributed by atoms with Gasteiger partial charge in [0.25, 0.3) is 0 Å². The summed E-state index contributed by atoms with van der Waals surface area (Å²) in [7, 11) is 0. The highest BCUT2D eigenvalue weighted by Gasteiger charge is 2.08. The van der Waals surface area contributed by atoms with E-state index >= 15 is 0 Å². The van der Waals surface area contributed by atoms with Gasteiger partial charge in [-0.25, -0.2) is 0 Å². The summed E-state index contributed by atoms with van der Waals surface area (Å²) in [5.41, 5.74) is 1.48. The molecule has 1 rings (SSSR count). The lowest BCUT2D eigenvalue weighted by Crippen LogP contribution is -2.00. The Morgan fingerprint density at radius 1 is 1.33 bits per heavy atom. The van der Waals surface area contributed by atoms with Gasteiger partial charge >= 0.3 is 0 Å². The summed E-state index contributed by atoms with van der Waals surface area (Å²) < 4.78 is 0. The number of aliphatic hydroxyl groups is 1. The van der Waals surface area contributed by atoms with Crippen molar-refractivity contribution >= 4 is 0 Å². The Hall–Kier alpha value is -0.300. The quantitative estimate of drug-likeness (QED) is 0.597. The first-order valence-electron chi connectivity index (χ1n) is 5.11. The molecule has 1 aliphatic carbocycles. The normalized spacial score (nSPS) is 26.2. The fourth-order valence-electron chi connectivity index (χ4n) is 1.96. The smallest absolute Gasteiger partial charge is 0.0615 e. The van der Waals surface area contributed by atoms with Gasteiger partial charge in [0.05, 0.1) is 6.61 Å². The number of hydrogen-bond donors (Lipinski definition) is 1. The van der Waals surface area contributed by atoms with Crippen LogP contribution in [0.25, 0.3) is 0 Å². The van der Waals surface area contributed by atoms with Gasteiger partial charge in [0.15, 0.2) is 0 Å². The third-order valence-corrected chi connectivity index (χ3v) is 2.77. The van der Waals surface area contributed by atoms with Crippen LogP contribution in [0.1, 0.15) is 45.4 Å². The molecule has 0 radical (unpaired) electrons. The molecule has 70 valence electrons. The average molecular weight is 168 g/mol. The van der Waals surface area contributed by atoms with Crippen molar-refractivity contribution in [2.45, 2.75) is 45.4 Å². The van der Waals surface area contributed by atoms with Crippen molar-refractivity contribution in [3.8, 4) is 0 Å². The molecule has 0 amide bonds. The molecule has 1 aliphatic rings. The average Bonchev–Trinajstić information content (AvgIpc) is 2.00. The zero-order chi connectivity index (χ0) is 8.81. The van der Waals surface area contributed by atoms with Crippen LogP contribution in [0.2, 0.25) is 0 Å². The molecule has 12 heavy (non-hydrogen) atoms. The second-order valence-corrected chi connectivity index (χ2v) is 3.93. The summed E-state index contributed by atoms with van der Waals surface area (Å²) in [6.07, 6.45) is 9.78. The van der Waals surface area contributed by atoms with Crippen LogP contribution in [-0.4, -0.2) is 11.7 Å². The molecule has 1 saturated carbocycles. The minimum Gasteiger partial charge on any atom is -0.392 e. The minimum atomic E-state index is 0.227. The van der Waals surface area contributed by atoms with Gasteiger partial charge in [0.2, 0.25) is 0 Å². The molecule has 1 nitrogen and oxygen atoms in total. The second kappa shape index (κ2) is 5.36. The molecule has 1 fully saturated rings. The summed E-state index contributed by atoms with van der Waals surface area (Å²) in [6, 6.07) is 0. The van der Waals surface area contributed by atoms with E-state index in [2.05, 4.69) is 6.92 Å². The lowest BCUT2D eigenvalue weighted by molar-refractivity contribution is 0.340. The maximum Gasteiger partial charge on any atom is 0.0615 e. The largest absolute Gasteiger partial charge is 0.392 e. The van der Waals surface area contributed by atoms with E-state index in [-0.39, 0.29) is 6.61 Å². The molecule has 0 saturated heterocycles. The van der Waals surface area contributed by atoms with E-state index in [1.54, 1.807) is 0 Å². The van der Waals surface area contributed by atoms with Crippen LogP contribution >= 0.6 is 0 Å². The molecule has 0 spiro atoms. The molecular weight excluding hydrogens is 148 g/mol. The first kappa shape index (κ1) is 9.79. The summed E-state index contributed by atoms with van der Waals surface area (Å²) in [6.45, 7) is 2.58. The first-order chi connectivity index (χ1) is 5.83. The lowest BCUT2D eigenvalue weighted by atomic mass is 9.90. The van der Waals surface area contributed by atoms with E-state index in [1.807, 2.05) is 6.08 Å². The molecule has 0 bridgehead atoms. The Kier molecular flexibility index (Phi) is 4.37. The predicted molar refractivity (Wildman–Crippen MR) is 52.0 cm³/mol. The zero-order valence-corrected chi connectivity index (χ0v) is 8.05. The summed E-state index contributed by atoms with van der Waals surface area (Å²) in [4.78, 5) is 0. The second-order valence-electron chi connectivity index (χ2n) is 3.93. The van der Waals surface area contributed by atoms with Crippen molar-refractivity contribution in [1.29, 1.82) is 0 Å². The Morgan fingerprint density at radius 2 is 1.92 bits per heavy atom. The number of aliphatic hydroxyl groups excluding tert-OH is 1. The molecule has 0 unspecified atom stereocenters. The topological polar surface area (TPSA) is 20.2 Å². The Morgan fingerprint density at radius 3 is 2.42 bits per heavy atom. The Balaban J connectivity index is 2.35. The van der Waals surface area contributed by atoms with Gasteiger partial charge in [-0.05, 0) is 31.6 Å². The Labute approximate surface area is 75.5 Å². The monoisotopic (exact) mass is 168 g/mol. The highest BCUT2D eigenvalue weighted by atomic mass is 16.2. The van der Waals surface area contributed by atoms with Gasteiger partial charge in [-0.2, -0.15) is 0 Å². The van der Waals surface area contributed by atoms with E-state index in [9.17, 15) is 0 Å². The molecule has 0 heterocycles. The van der Waals surface area contributed by atoms with Crippen molar-refractivity contribution in [2.24, 2.45) is 5.92 Å². The molecular formula is C11H20O. The van der Waals surface area contributed by atoms with Crippen molar-refractivity contribution < 1.29 is 5.11 Å². The molecule has 0 aromatic carbocycles. The van der Waals surface area contributed by atoms with Crippen LogP contribution in [0.3, 0.4) is 0 Å². The van der Waals surface area contributed by atoms with Crippen molar-refractivity contribution in [2.75, 3.05) is 6.61 Å². The van der Waals surface area contributed by atoms with Gasteiger partial charge in [-0.3, -0.25) is 0 Å². The van der Waals surface area contributed by atoms with Crippen LogP contribution in [0, 0.1) is 5.92 Å². The number of hydrogen-bond acceptors (Lipinski definition) is 1. The van der Waals surface area contributed by atoms with Crippen molar-refractivity contribution in [1.82, 2.24) is 0 Å². The van der Waals surface area contributed by atoms with Gasteiger partial charge < -0.3 is 5.11 Å². The maximum absolute atomic E-state index is 8.76. The van der Waals surface area contributed by atoms with E-state index in [1.165, 1.54) is 44.1 Å².